The number of benzene rings is 3. The van der Waals surface area contributed by atoms with Crippen LogP contribution in [0.25, 0.3) is 0 Å². The number of nitrogens with zero attached hydrogens (tertiary/aromatic N) is 1. The van der Waals surface area contributed by atoms with Crippen molar-refractivity contribution >= 4 is 33.2 Å². The smallest absolute Gasteiger partial charge is 0.264 e. The maximum atomic E-state index is 13.2. The minimum absolute atomic E-state index is 0.0977. The monoisotopic (exact) mass is 458 g/mol. The Labute approximate surface area is 187 Å². The summed E-state index contributed by atoms with van der Waals surface area (Å²) < 4.78 is 33.1. The van der Waals surface area contributed by atoms with E-state index in [4.69, 9.17) is 16.3 Å². The van der Waals surface area contributed by atoms with Gasteiger partial charge in [-0.2, -0.15) is 0 Å². The SMILES string of the molecule is Cc1cccc(OCCNC(=O)CN(c2ccc(Cl)cc2)S(=O)(=O)c2ccccc2)c1. The first kappa shape index (κ1) is 22.7. The van der Waals surface area contributed by atoms with Crippen molar-refractivity contribution < 1.29 is 17.9 Å². The fourth-order valence-corrected chi connectivity index (χ4v) is 4.46. The van der Waals surface area contributed by atoms with E-state index >= 15 is 0 Å². The summed E-state index contributed by atoms with van der Waals surface area (Å²) in [6, 6.07) is 21.9. The highest BCUT2D eigenvalue weighted by atomic mass is 35.5. The molecular weight excluding hydrogens is 436 g/mol. The summed E-state index contributed by atoms with van der Waals surface area (Å²) in [6.45, 7) is 2.10. The van der Waals surface area contributed by atoms with Gasteiger partial charge < -0.3 is 10.1 Å². The number of rotatable bonds is 9. The molecule has 0 bridgehead atoms. The van der Waals surface area contributed by atoms with Crippen LogP contribution in [0.15, 0.2) is 83.8 Å². The van der Waals surface area contributed by atoms with E-state index in [2.05, 4.69) is 5.32 Å². The Hall–Kier alpha value is -3.03. The van der Waals surface area contributed by atoms with Crippen molar-refractivity contribution in [2.45, 2.75) is 11.8 Å². The molecule has 0 saturated carbocycles. The van der Waals surface area contributed by atoms with Crippen molar-refractivity contribution in [1.29, 1.82) is 0 Å². The lowest BCUT2D eigenvalue weighted by molar-refractivity contribution is -0.119. The Morgan fingerprint density at radius 1 is 1.00 bits per heavy atom. The van der Waals surface area contributed by atoms with Crippen molar-refractivity contribution in [3.8, 4) is 5.75 Å². The average Bonchev–Trinajstić information content (AvgIpc) is 2.76. The molecule has 3 rings (SSSR count). The first-order valence-electron chi connectivity index (χ1n) is 9.66. The average molecular weight is 459 g/mol. The van der Waals surface area contributed by atoms with Crippen LogP contribution in [0.2, 0.25) is 5.02 Å². The van der Waals surface area contributed by atoms with E-state index in [-0.39, 0.29) is 24.6 Å². The zero-order valence-electron chi connectivity index (χ0n) is 17.0. The molecule has 0 unspecified atom stereocenters. The second-order valence-corrected chi connectivity index (χ2v) is 9.11. The molecule has 0 aromatic heterocycles. The number of nitrogens with one attached hydrogen (secondary N) is 1. The molecule has 0 radical (unpaired) electrons. The molecular formula is C23H23ClN2O4S. The predicted molar refractivity (Wildman–Crippen MR) is 122 cm³/mol. The summed E-state index contributed by atoms with van der Waals surface area (Å²) in [5.74, 6) is 0.269. The zero-order chi connectivity index (χ0) is 22.3. The molecule has 0 aliphatic rings. The Morgan fingerprint density at radius 3 is 2.39 bits per heavy atom. The molecule has 162 valence electrons. The highest BCUT2D eigenvalue weighted by molar-refractivity contribution is 7.92. The van der Waals surface area contributed by atoms with Gasteiger partial charge in [-0.15, -0.1) is 0 Å². The highest BCUT2D eigenvalue weighted by Gasteiger charge is 2.27. The minimum Gasteiger partial charge on any atom is -0.492 e. The molecule has 1 N–H and O–H groups in total. The first-order chi connectivity index (χ1) is 14.9. The Morgan fingerprint density at radius 2 is 1.71 bits per heavy atom. The van der Waals surface area contributed by atoms with E-state index in [9.17, 15) is 13.2 Å². The number of hydrogen-bond acceptors (Lipinski definition) is 4. The maximum absolute atomic E-state index is 13.2. The summed E-state index contributed by atoms with van der Waals surface area (Å²) in [7, 11) is -3.94. The van der Waals surface area contributed by atoms with Crippen LogP contribution in [0, 0.1) is 6.92 Å². The molecule has 0 aliphatic carbocycles. The molecule has 0 spiro atoms. The Kier molecular flexibility index (Phi) is 7.55. The lowest BCUT2D eigenvalue weighted by Crippen LogP contribution is -2.41. The molecule has 0 saturated heterocycles. The van der Waals surface area contributed by atoms with Crippen LogP contribution in [0.4, 0.5) is 5.69 Å². The van der Waals surface area contributed by atoms with E-state index in [1.165, 1.54) is 12.1 Å². The van der Waals surface area contributed by atoms with E-state index in [1.54, 1.807) is 42.5 Å². The molecule has 0 atom stereocenters. The van der Waals surface area contributed by atoms with Gasteiger partial charge in [-0.1, -0.05) is 41.9 Å². The van der Waals surface area contributed by atoms with Gasteiger partial charge >= 0.3 is 0 Å². The van der Waals surface area contributed by atoms with Crippen LogP contribution in [0.5, 0.6) is 5.75 Å². The third kappa shape index (κ3) is 6.23. The second-order valence-electron chi connectivity index (χ2n) is 6.82. The van der Waals surface area contributed by atoms with Gasteiger partial charge in [0.1, 0.15) is 18.9 Å². The number of carbonyl (C=O) groups is 1. The number of sulfonamides is 1. The number of hydrogen-bond donors (Lipinski definition) is 1. The molecule has 8 heteroatoms. The van der Waals surface area contributed by atoms with Gasteiger partial charge in [0.2, 0.25) is 5.91 Å². The standard InChI is InChI=1S/C23H23ClN2O4S/c1-18-6-5-7-21(16-18)30-15-14-25-23(27)17-26(20-12-10-19(24)11-13-20)31(28,29)22-8-3-2-4-9-22/h2-13,16H,14-15,17H2,1H3,(H,25,27). The number of amides is 1. The summed E-state index contributed by atoms with van der Waals surface area (Å²) >= 11 is 5.94. The third-order valence-corrected chi connectivity index (χ3v) is 6.46. The number of ether oxygens (including phenoxy) is 1. The lowest BCUT2D eigenvalue weighted by atomic mass is 10.2. The summed E-state index contributed by atoms with van der Waals surface area (Å²) in [5, 5.41) is 3.18. The van der Waals surface area contributed by atoms with Crippen LogP contribution >= 0.6 is 11.6 Å². The van der Waals surface area contributed by atoms with E-state index in [0.717, 1.165) is 9.87 Å². The van der Waals surface area contributed by atoms with Crippen LogP contribution in [0.1, 0.15) is 5.56 Å². The topological polar surface area (TPSA) is 75.7 Å². The van der Waals surface area contributed by atoms with Crippen LogP contribution < -0.4 is 14.4 Å². The first-order valence-corrected chi connectivity index (χ1v) is 11.5. The normalized spacial score (nSPS) is 11.0. The minimum atomic E-state index is -3.94. The van der Waals surface area contributed by atoms with Gasteiger partial charge in [-0.3, -0.25) is 9.10 Å². The number of aryl methyl sites for hydroxylation is 1. The fraction of sp³-hybridized carbons (Fsp3) is 0.174. The summed E-state index contributed by atoms with van der Waals surface area (Å²) in [6.07, 6.45) is 0. The van der Waals surface area contributed by atoms with Gasteiger partial charge in [-0.05, 0) is 61.0 Å². The van der Waals surface area contributed by atoms with Crippen molar-refractivity contribution in [3.63, 3.8) is 0 Å². The Bertz CT molecular complexity index is 1120. The quantitative estimate of drug-likeness (QED) is 0.491. The van der Waals surface area contributed by atoms with Gasteiger partial charge in [0.25, 0.3) is 10.0 Å². The van der Waals surface area contributed by atoms with Gasteiger partial charge in [-0.25, -0.2) is 8.42 Å². The lowest BCUT2D eigenvalue weighted by Gasteiger charge is -2.24. The Balaban J connectivity index is 1.68. The zero-order valence-corrected chi connectivity index (χ0v) is 18.6. The molecule has 0 aliphatic heterocycles. The third-order valence-electron chi connectivity index (χ3n) is 4.42. The molecule has 1 amide bonds. The molecule has 31 heavy (non-hydrogen) atoms. The number of anilines is 1. The van der Waals surface area contributed by atoms with Crippen LogP contribution in [-0.4, -0.2) is 34.0 Å². The van der Waals surface area contributed by atoms with Gasteiger partial charge in [0.05, 0.1) is 17.1 Å². The predicted octanol–water partition coefficient (Wildman–Crippen LogP) is 4.04. The van der Waals surface area contributed by atoms with Crippen LogP contribution in [0.3, 0.4) is 0 Å². The molecule has 0 fully saturated rings. The van der Waals surface area contributed by atoms with E-state index < -0.39 is 15.9 Å². The van der Waals surface area contributed by atoms with Gasteiger partial charge in [0.15, 0.2) is 0 Å². The van der Waals surface area contributed by atoms with Crippen molar-refractivity contribution in [2.24, 2.45) is 0 Å². The van der Waals surface area contributed by atoms with Crippen LogP contribution in [-0.2, 0) is 14.8 Å². The molecule has 6 nitrogen and oxygen atoms in total. The largest absolute Gasteiger partial charge is 0.492 e. The second kappa shape index (κ2) is 10.3. The number of halogens is 1. The van der Waals surface area contributed by atoms with E-state index in [0.29, 0.717) is 16.5 Å². The van der Waals surface area contributed by atoms with Crippen molar-refractivity contribution in [3.05, 3.63) is 89.4 Å². The van der Waals surface area contributed by atoms with Gasteiger partial charge in [0, 0.05) is 5.02 Å². The maximum Gasteiger partial charge on any atom is 0.264 e. The molecule has 3 aromatic rings. The summed E-state index contributed by atoms with van der Waals surface area (Å²) in [4.78, 5) is 12.6. The van der Waals surface area contributed by atoms with Crippen molar-refractivity contribution in [1.82, 2.24) is 5.32 Å². The fourth-order valence-electron chi connectivity index (χ4n) is 2.89. The number of carbonyl (C=O) groups excluding carboxylic acids is 1. The van der Waals surface area contributed by atoms with Crippen molar-refractivity contribution in [2.75, 3.05) is 24.0 Å². The molecule has 0 heterocycles. The highest BCUT2D eigenvalue weighted by Crippen LogP contribution is 2.25. The molecule has 3 aromatic carbocycles. The summed E-state index contributed by atoms with van der Waals surface area (Å²) in [5.41, 5.74) is 1.42. The van der Waals surface area contributed by atoms with E-state index in [1.807, 2.05) is 31.2 Å².